The van der Waals surface area contributed by atoms with Crippen molar-refractivity contribution in [3.05, 3.63) is 99.0 Å². The SMILES string of the molecule is O=C1C(Cc2cccc(Cl)c2)N2C(=O)C(N(Cc3ccccc3)C(=O)O)CN(S(=O)(=O)c3ccc(Cl)cc3Cl)C2CN1C1CC1. The van der Waals surface area contributed by atoms with Crippen molar-refractivity contribution in [1.29, 1.82) is 0 Å². The first-order valence-electron chi connectivity index (χ1n) is 14.3. The molecule has 3 aromatic rings. The molecule has 45 heavy (non-hydrogen) atoms. The van der Waals surface area contributed by atoms with Crippen LogP contribution in [0.1, 0.15) is 24.0 Å². The summed E-state index contributed by atoms with van der Waals surface area (Å²) in [6.45, 7) is -0.719. The standard InChI is InChI=1S/C31H29Cl3N4O6S/c32-21-8-4-7-20(13-21)14-25-29(39)35(23-10-11-23)18-28-37(45(43,44)27-12-9-22(33)15-24(27)34)17-26(30(40)38(25)28)36(31(41)42)16-19-5-2-1-3-6-19/h1-9,12-13,15,23,25-26,28H,10-11,14,16-18H2,(H,41,42). The Labute approximate surface area is 275 Å². The molecule has 2 heterocycles. The van der Waals surface area contributed by atoms with E-state index in [0.29, 0.717) is 16.1 Å². The Morgan fingerprint density at radius 2 is 1.56 bits per heavy atom. The average molecular weight is 692 g/mol. The maximum atomic E-state index is 14.5. The smallest absolute Gasteiger partial charge is 0.408 e. The van der Waals surface area contributed by atoms with Gasteiger partial charge in [-0.05, 0) is 54.3 Å². The molecule has 3 aliphatic rings. The van der Waals surface area contributed by atoms with Crippen molar-refractivity contribution in [1.82, 2.24) is 19.0 Å². The van der Waals surface area contributed by atoms with Gasteiger partial charge in [-0.2, -0.15) is 4.31 Å². The summed E-state index contributed by atoms with van der Waals surface area (Å²) < 4.78 is 30.0. The van der Waals surface area contributed by atoms with Gasteiger partial charge in [-0.3, -0.25) is 14.5 Å². The zero-order chi connectivity index (χ0) is 32.0. The summed E-state index contributed by atoms with van der Waals surface area (Å²) in [6.07, 6.45) is -0.942. The fourth-order valence-electron chi connectivity index (χ4n) is 6.12. The first kappa shape index (κ1) is 31.6. The van der Waals surface area contributed by atoms with Gasteiger partial charge in [0.25, 0.3) is 0 Å². The van der Waals surface area contributed by atoms with E-state index >= 15 is 0 Å². The predicted molar refractivity (Wildman–Crippen MR) is 168 cm³/mol. The predicted octanol–water partition coefficient (Wildman–Crippen LogP) is 4.97. The molecule has 3 fully saturated rings. The maximum absolute atomic E-state index is 14.5. The number of benzene rings is 3. The molecule has 14 heteroatoms. The molecule has 10 nitrogen and oxygen atoms in total. The number of rotatable bonds is 8. The first-order chi connectivity index (χ1) is 21.5. The molecular weight excluding hydrogens is 663 g/mol. The number of carbonyl (C=O) groups is 3. The van der Waals surface area contributed by atoms with Gasteiger partial charge in [0.15, 0.2) is 0 Å². The second-order valence-electron chi connectivity index (χ2n) is 11.4. The number of nitrogens with zero attached hydrogens (tertiary/aromatic N) is 4. The van der Waals surface area contributed by atoms with Crippen molar-refractivity contribution in [2.75, 3.05) is 13.1 Å². The van der Waals surface area contributed by atoms with Crippen molar-refractivity contribution >= 4 is 62.7 Å². The van der Waals surface area contributed by atoms with Crippen LogP contribution in [0.4, 0.5) is 4.79 Å². The first-order valence-corrected chi connectivity index (χ1v) is 16.9. The Morgan fingerprint density at radius 1 is 0.867 bits per heavy atom. The lowest BCUT2D eigenvalue weighted by Crippen LogP contribution is -2.76. The van der Waals surface area contributed by atoms with Crippen molar-refractivity contribution in [3.8, 4) is 0 Å². The van der Waals surface area contributed by atoms with Crippen LogP contribution < -0.4 is 0 Å². The molecule has 0 aromatic heterocycles. The van der Waals surface area contributed by atoms with Crippen molar-refractivity contribution < 1.29 is 27.9 Å². The van der Waals surface area contributed by atoms with E-state index in [4.69, 9.17) is 34.8 Å². The van der Waals surface area contributed by atoms with Gasteiger partial charge >= 0.3 is 6.09 Å². The van der Waals surface area contributed by atoms with E-state index < -0.39 is 46.8 Å². The second-order valence-corrected chi connectivity index (χ2v) is 14.5. The molecule has 1 aliphatic carbocycles. The molecule has 1 saturated carbocycles. The topological polar surface area (TPSA) is 119 Å². The summed E-state index contributed by atoms with van der Waals surface area (Å²) in [4.78, 5) is 44.9. The second kappa shape index (κ2) is 12.4. The Balaban J connectivity index is 1.48. The molecule has 3 unspecified atom stereocenters. The molecule has 236 valence electrons. The van der Waals surface area contributed by atoms with Gasteiger partial charge in [0, 0.05) is 35.6 Å². The lowest BCUT2D eigenvalue weighted by molar-refractivity contribution is -0.170. The van der Waals surface area contributed by atoms with Crippen LogP contribution in [-0.4, -0.2) is 87.8 Å². The number of fused-ring (bicyclic) bond motifs is 1. The highest BCUT2D eigenvalue weighted by Crippen LogP contribution is 2.39. The molecule has 0 radical (unpaired) electrons. The number of hydrogen-bond donors (Lipinski definition) is 1. The summed E-state index contributed by atoms with van der Waals surface area (Å²) >= 11 is 18.7. The van der Waals surface area contributed by atoms with Gasteiger partial charge in [-0.15, -0.1) is 0 Å². The lowest BCUT2D eigenvalue weighted by atomic mass is 9.96. The van der Waals surface area contributed by atoms with Gasteiger partial charge in [0.05, 0.1) is 11.6 Å². The number of carbonyl (C=O) groups excluding carboxylic acids is 2. The molecule has 2 aliphatic heterocycles. The van der Waals surface area contributed by atoms with Crippen LogP contribution in [0.15, 0.2) is 77.7 Å². The third kappa shape index (κ3) is 6.24. The van der Waals surface area contributed by atoms with Gasteiger partial charge in [0.2, 0.25) is 21.8 Å². The number of halogens is 3. The number of amides is 3. The van der Waals surface area contributed by atoms with E-state index in [2.05, 4.69) is 0 Å². The average Bonchev–Trinajstić information content (AvgIpc) is 3.83. The highest BCUT2D eigenvalue weighted by molar-refractivity contribution is 7.89. The zero-order valence-electron chi connectivity index (χ0n) is 23.8. The third-order valence-electron chi connectivity index (χ3n) is 8.41. The highest BCUT2D eigenvalue weighted by atomic mass is 35.5. The van der Waals surface area contributed by atoms with Crippen LogP contribution in [0.25, 0.3) is 0 Å². The Hall–Kier alpha value is -3.35. The van der Waals surface area contributed by atoms with E-state index in [0.717, 1.165) is 22.0 Å². The zero-order valence-corrected chi connectivity index (χ0v) is 26.9. The van der Waals surface area contributed by atoms with Crippen molar-refractivity contribution in [3.63, 3.8) is 0 Å². The minimum absolute atomic E-state index is 0.0545. The van der Waals surface area contributed by atoms with E-state index in [9.17, 15) is 27.9 Å². The Morgan fingerprint density at radius 3 is 2.20 bits per heavy atom. The molecule has 6 rings (SSSR count). The van der Waals surface area contributed by atoms with E-state index in [-0.39, 0.29) is 46.4 Å². The summed E-state index contributed by atoms with van der Waals surface area (Å²) in [7, 11) is -4.45. The van der Waals surface area contributed by atoms with Crippen LogP contribution in [0, 0.1) is 0 Å². The van der Waals surface area contributed by atoms with E-state index in [1.807, 2.05) is 0 Å². The van der Waals surface area contributed by atoms with Crippen LogP contribution in [0.3, 0.4) is 0 Å². The largest absolute Gasteiger partial charge is 0.465 e. The normalized spacial score (nSPS) is 22.3. The van der Waals surface area contributed by atoms with Crippen LogP contribution >= 0.6 is 34.8 Å². The summed E-state index contributed by atoms with van der Waals surface area (Å²) in [6, 6.07) is 16.9. The van der Waals surface area contributed by atoms with Crippen LogP contribution in [0.5, 0.6) is 0 Å². The minimum atomic E-state index is -4.45. The third-order valence-corrected chi connectivity index (χ3v) is 11.2. The highest BCUT2D eigenvalue weighted by Gasteiger charge is 2.57. The summed E-state index contributed by atoms with van der Waals surface area (Å²) in [5.74, 6) is -0.975. The van der Waals surface area contributed by atoms with Gasteiger partial charge in [-0.1, -0.05) is 77.3 Å². The fraction of sp³-hybridized carbons (Fsp3) is 0.323. The number of piperazine rings is 1. The molecule has 0 bridgehead atoms. The van der Waals surface area contributed by atoms with Crippen LogP contribution in [0.2, 0.25) is 15.1 Å². The maximum Gasteiger partial charge on any atom is 0.408 e. The number of sulfonamides is 1. The molecule has 1 N–H and O–H groups in total. The molecule has 3 aromatic carbocycles. The van der Waals surface area contributed by atoms with E-state index in [1.54, 1.807) is 59.5 Å². The Kier molecular flexibility index (Phi) is 8.75. The van der Waals surface area contributed by atoms with Gasteiger partial charge < -0.3 is 14.9 Å². The lowest BCUT2D eigenvalue weighted by Gasteiger charge is -2.54. The minimum Gasteiger partial charge on any atom is -0.465 e. The Bertz CT molecular complexity index is 1760. The van der Waals surface area contributed by atoms with E-state index in [1.165, 1.54) is 23.1 Å². The van der Waals surface area contributed by atoms with Crippen molar-refractivity contribution in [2.45, 2.75) is 55.0 Å². The number of hydrogen-bond acceptors (Lipinski definition) is 5. The molecule has 3 amide bonds. The van der Waals surface area contributed by atoms with Crippen LogP contribution in [-0.2, 0) is 32.6 Å². The summed E-state index contributed by atoms with van der Waals surface area (Å²) in [5.41, 5.74) is 1.27. The van der Waals surface area contributed by atoms with Crippen molar-refractivity contribution in [2.24, 2.45) is 0 Å². The fourth-order valence-corrected chi connectivity index (χ4v) is 8.66. The number of carboxylic acid groups (broad SMARTS) is 1. The monoisotopic (exact) mass is 690 g/mol. The molecular formula is C31H29Cl3N4O6S. The molecule has 2 saturated heterocycles. The molecule has 3 atom stereocenters. The van der Waals surface area contributed by atoms with Gasteiger partial charge in [-0.25, -0.2) is 13.2 Å². The quantitative estimate of drug-likeness (QED) is 0.357. The summed E-state index contributed by atoms with van der Waals surface area (Å²) in [5, 5.41) is 10.9. The molecule has 0 spiro atoms. The van der Waals surface area contributed by atoms with Gasteiger partial charge in [0.1, 0.15) is 23.1 Å².